The average molecular weight is 592 g/mol. The normalized spacial score (nSPS) is 18.3. The van der Waals surface area contributed by atoms with Gasteiger partial charge in [-0.2, -0.15) is 0 Å². The summed E-state index contributed by atoms with van der Waals surface area (Å²) in [7, 11) is -3.97. The van der Waals surface area contributed by atoms with Gasteiger partial charge in [-0.05, 0) is 62.2 Å². The van der Waals surface area contributed by atoms with Crippen LogP contribution in [0, 0.1) is 5.82 Å². The zero-order valence-electron chi connectivity index (χ0n) is 21.7. The lowest BCUT2D eigenvalue weighted by Crippen LogP contribution is -2.44. The van der Waals surface area contributed by atoms with E-state index in [1.165, 1.54) is 6.07 Å². The van der Waals surface area contributed by atoms with Gasteiger partial charge in [0.15, 0.2) is 15.7 Å². The number of morpholine rings is 1. The number of amides is 2. The molecular formula is C27H28ClF2N5O4S. The first-order valence-electron chi connectivity index (χ1n) is 12.8. The third kappa shape index (κ3) is 5.48. The van der Waals surface area contributed by atoms with E-state index in [2.05, 4.69) is 15.5 Å². The van der Waals surface area contributed by atoms with Crippen LogP contribution in [0.1, 0.15) is 25.5 Å². The molecule has 0 radical (unpaired) electrons. The lowest BCUT2D eigenvalue weighted by molar-refractivity contribution is 0.0985. The third-order valence-electron chi connectivity index (χ3n) is 7.04. The van der Waals surface area contributed by atoms with Crippen LogP contribution in [0.2, 0.25) is 5.02 Å². The van der Waals surface area contributed by atoms with Crippen molar-refractivity contribution in [3.8, 4) is 11.4 Å². The zero-order chi connectivity index (χ0) is 28.5. The minimum absolute atomic E-state index is 0.00132. The second-order valence-electron chi connectivity index (χ2n) is 9.77. The van der Waals surface area contributed by atoms with Crippen LogP contribution in [-0.2, 0) is 19.3 Å². The number of sulfone groups is 1. The molecule has 5 rings (SSSR count). The molecule has 1 aromatic heterocycles. The van der Waals surface area contributed by atoms with Gasteiger partial charge >= 0.3 is 6.03 Å². The molecular weight excluding hydrogens is 564 g/mol. The van der Waals surface area contributed by atoms with Crippen LogP contribution in [0.15, 0.2) is 53.4 Å². The van der Waals surface area contributed by atoms with E-state index in [0.29, 0.717) is 61.2 Å². The Morgan fingerprint density at radius 3 is 2.58 bits per heavy atom. The first-order valence-corrected chi connectivity index (χ1v) is 14.7. The molecule has 0 unspecified atom stereocenters. The third-order valence-corrected chi connectivity index (χ3v) is 9.85. The van der Waals surface area contributed by atoms with Gasteiger partial charge in [0.2, 0.25) is 0 Å². The first-order chi connectivity index (χ1) is 19.1. The maximum absolute atomic E-state index is 13.9. The summed E-state index contributed by atoms with van der Waals surface area (Å²) in [6.07, 6.45) is 0.686. The number of nitrogens with zero attached hydrogens (tertiary/aromatic N) is 3. The molecule has 1 saturated heterocycles. The molecule has 0 spiro atoms. The Balaban J connectivity index is 1.54. The highest BCUT2D eigenvalue weighted by Crippen LogP contribution is 2.55. The molecule has 2 fully saturated rings. The average Bonchev–Trinajstić information content (AvgIpc) is 3.77. The number of hydrogen-bond donors (Lipinski definition) is 2. The molecule has 2 amide bonds. The summed E-state index contributed by atoms with van der Waals surface area (Å²) in [5.41, 5.74) is 1.43. The van der Waals surface area contributed by atoms with Gasteiger partial charge in [-0.3, -0.25) is 0 Å². The SMILES string of the molecule is C[C@H]1COCCN1c1cc(C2(S(=O)(=O)c3ccc(F)c(Cl)c3)CC2)nc(-c2ccc(NC(=O)NCCF)cc2)n1. The number of carbonyl (C=O) groups excluding carboxylic acids is 1. The van der Waals surface area contributed by atoms with Gasteiger partial charge in [-0.15, -0.1) is 0 Å². The Kier molecular flexibility index (Phi) is 7.94. The maximum Gasteiger partial charge on any atom is 0.319 e. The number of aromatic nitrogens is 2. The molecule has 212 valence electrons. The molecule has 40 heavy (non-hydrogen) atoms. The van der Waals surface area contributed by atoms with Gasteiger partial charge in [0.25, 0.3) is 0 Å². The fourth-order valence-corrected chi connectivity index (χ4v) is 6.93. The minimum Gasteiger partial charge on any atom is -0.377 e. The molecule has 13 heteroatoms. The largest absolute Gasteiger partial charge is 0.377 e. The van der Waals surface area contributed by atoms with E-state index in [-0.39, 0.29) is 22.5 Å². The van der Waals surface area contributed by atoms with Crippen molar-refractivity contribution < 1.29 is 26.7 Å². The van der Waals surface area contributed by atoms with Crippen LogP contribution >= 0.6 is 11.6 Å². The van der Waals surface area contributed by atoms with Crippen LogP contribution in [0.4, 0.5) is 25.1 Å². The molecule has 9 nitrogen and oxygen atoms in total. The van der Waals surface area contributed by atoms with Crippen LogP contribution in [0.25, 0.3) is 11.4 Å². The van der Waals surface area contributed by atoms with Gasteiger partial charge in [0.1, 0.15) is 23.1 Å². The van der Waals surface area contributed by atoms with Crippen molar-refractivity contribution in [2.45, 2.75) is 35.4 Å². The van der Waals surface area contributed by atoms with E-state index < -0.39 is 33.1 Å². The zero-order valence-corrected chi connectivity index (χ0v) is 23.2. The highest BCUT2D eigenvalue weighted by Gasteiger charge is 2.58. The monoisotopic (exact) mass is 591 g/mol. The molecule has 2 aromatic carbocycles. The van der Waals surface area contributed by atoms with Crippen molar-refractivity contribution in [1.29, 1.82) is 0 Å². The Hall–Kier alpha value is -3.35. The van der Waals surface area contributed by atoms with Crippen molar-refractivity contribution in [2.24, 2.45) is 0 Å². The highest BCUT2D eigenvalue weighted by molar-refractivity contribution is 7.92. The number of anilines is 2. The smallest absolute Gasteiger partial charge is 0.319 e. The van der Waals surface area contributed by atoms with Gasteiger partial charge in [0, 0.05) is 30.4 Å². The van der Waals surface area contributed by atoms with E-state index in [1.54, 1.807) is 30.3 Å². The lowest BCUT2D eigenvalue weighted by atomic mass is 10.1. The summed E-state index contributed by atoms with van der Waals surface area (Å²) in [6, 6.07) is 11.3. The van der Waals surface area contributed by atoms with Gasteiger partial charge in [-0.1, -0.05) is 11.6 Å². The number of rotatable bonds is 8. The quantitative estimate of drug-likeness (QED) is 0.365. The lowest BCUT2D eigenvalue weighted by Gasteiger charge is -2.34. The van der Waals surface area contributed by atoms with Gasteiger partial charge in [0.05, 0.1) is 34.9 Å². The van der Waals surface area contributed by atoms with E-state index >= 15 is 0 Å². The van der Waals surface area contributed by atoms with E-state index in [9.17, 15) is 22.0 Å². The summed E-state index contributed by atoms with van der Waals surface area (Å²) in [6.45, 7) is 2.80. The summed E-state index contributed by atoms with van der Waals surface area (Å²) >= 11 is 5.92. The van der Waals surface area contributed by atoms with E-state index in [1.807, 2.05) is 6.92 Å². The van der Waals surface area contributed by atoms with Crippen LogP contribution in [0.3, 0.4) is 0 Å². The van der Waals surface area contributed by atoms with Crippen molar-refractivity contribution >= 4 is 39.0 Å². The van der Waals surface area contributed by atoms with Crippen molar-refractivity contribution in [3.05, 3.63) is 65.1 Å². The second kappa shape index (κ2) is 11.3. The van der Waals surface area contributed by atoms with Crippen LogP contribution in [0.5, 0.6) is 0 Å². The van der Waals surface area contributed by atoms with E-state index in [4.69, 9.17) is 26.3 Å². The van der Waals surface area contributed by atoms with Crippen LogP contribution in [-0.4, -0.2) is 63.4 Å². The summed E-state index contributed by atoms with van der Waals surface area (Å²) in [5, 5.41) is 4.74. The standard InChI is InChI=1S/C27H28ClF2N5O4S/c1-17-16-39-13-12-35(17)24-15-23(27(8-9-27)40(37,38)20-6-7-22(30)21(28)14-20)33-25(34-24)18-2-4-19(5-3-18)32-26(36)31-11-10-29/h2-7,14-15,17H,8-13,16H2,1H3,(H2,31,32,36)/t17-/m0/s1. The van der Waals surface area contributed by atoms with Crippen molar-refractivity contribution in [1.82, 2.24) is 15.3 Å². The maximum atomic E-state index is 13.9. The first kappa shape index (κ1) is 28.2. The van der Waals surface area contributed by atoms with Crippen LogP contribution < -0.4 is 15.5 Å². The molecule has 1 atom stereocenters. The number of ether oxygens (including phenoxy) is 1. The highest BCUT2D eigenvalue weighted by atomic mass is 35.5. The number of benzene rings is 2. The molecule has 2 N–H and O–H groups in total. The predicted octanol–water partition coefficient (Wildman–Crippen LogP) is 4.72. The fraction of sp³-hybridized carbons (Fsp3) is 0.370. The molecule has 1 saturated carbocycles. The molecule has 1 aliphatic heterocycles. The minimum atomic E-state index is -3.97. The molecule has 2 heterocycles. The summed E-state index contributed by atoms with van der Waals surface area (Å²) in [5.74, 6) is 0.191. The Morgan fingerprint density at radius 2 is 1.93 bits per heavy atom. The van der Waals surface area contributed by atoms with Gasteiger partial charge < -0.3 is 20.3 Å². The Labute approximate surface area is 235 Å². The number of hydrogen-bond acceptors (Lipinski definition) is 7. The summed E-state index contributed by atoms with van der Waals surface area (Å²) < 4.78 is 58.1. The Bertz CT molecular complexity index is 1520. The topological polar surface area (TPSA) is 114 Å². The Morgan fingerprint density at radius 1 is 1.18 bits per heavy atom. The number of alkyl halides is 1. The van der Waals surface area contributed by atoms with Gasteiger partial charge in [-0.25, -0.2) is 32.0 Å². The summed E-state index contributed by atoms with van der Waals surface area (Å²) in [4.78, 5) is 23.4. The number of carbonyl (C=O) groups is 1. The molecule has 2 aliphatic rings. The molecule has 1 aliphatic carbocycles. The molecule has 3 aromatic rings. The van der Waals surface area contributed by atoms with Crippen molar-refractivity contribution in [3.63, 3.8) is 0 Å². The fourth-order valence-electron chi connectivity index (χ4n) is 4.70. The second-order valence-corrected chi connectivity index (χ2v) is 12.4. The number of urea groups is 1. The number of halogens is 3. The molecule has 0 bridgehead atoms. The van der Waals surface area contributed by atoms with Crippen molar-refractivity contribution in [2.75, 3.05) is 43.2 Å². The predicted molar refractivity (Wildman–Crippen MR) is 148 cm³/mol. The number of nitrogens with one attached hydrogen (secondary N) is 2. The van der Waals surface area contributed by atoms with E-state index in [0.717, 1.165) is 12.1 Å².